The summed E-state index contributed by atoms with van der Waals surface area (Å²) in [6.07, 6.45) is 25.7. The van der Waals surface area contributed by atoms with E-state index >= 15 is 0 Å². The fourth-order valence-corrected chi connectivity index (χ4v) is 12.5. The zero-order valence-electron chi connectivity index (χ0n) is 33.4. The highest BCUT2D eigenvalue weighted by Crippen LogP contribution is 2.67. The van der Waals surface area contributed by atoms with Crippen molar-refractivity contribution in [1.82, 2.24) is 0 Å². The highest BCUT2D eigenvalue weighted by atomic mass is 16.5. The van der Waals surface area contributed by atoms with Crippen molar-refractivity contribution in [3.63, 3.8) is 0 Å². The number of esters is 2. The maximum Gasteiger partial charge on any atom is 0.311 e. The summed E-state index contributed by atoms with van der Waals surface area (Å²) < 4.78 is 11.6. The lowest BCUT2D eigenvalue weighted by Crippen LogP contribution is -2.51. The van der Waals surface area contributed by atoms with E-state index in [0.29, 0.717) is 17.1 Å². The molecule has 0 heterocycles. The highest BCUT2D eigenvalue weighted by Gasteiger charge is 2.59. The number of fused-ring (bicyclic) bond motifs is 5. The standard InChI is InChI=1S/C47H72O4/c1-7-8-12-34-13-15-35(16-14-34)36-17-20-38(21-18-36)50-44(48)25-26-45(49)51-39-27-29-46(5)37(31-39)19-22-40-42-24-23-41(33(4)11-9-10-32(2)3)47(42,6)30-28-43(40)46/h17-21,32-35,39-43H,7-16,22-31H2,1-6H3/t33?,34?,35?,39-,40?,41+,42?,43?,46-,47+/m0/s1. The van der Waals surface area contributed by atoms with Gasteiger partial charge in [0, 0.05) is 6.42 Å². The second-order valence-corrected chi connectivity index (χ2v) is 19.0. The fourth-order valence-electron chi connectivity index (χ4n) is 12.5. The van der Waals surface area contributed by atoms with E-state index in [1.165, 1.54) is 102 Å². The summed E-state index contributed by atoms with van der Waals surface area (Å²) in [5.74, 6) is 6.41. The molecule has 0 bridgehead atoms. The molecule has 0 saturated heterocycles. The van der Waals surface area contributed by atoms with E-state index in [9.17, 15) is 9.59 Å². The normalized spacial score (nSPS) is 35.3. The van der Waals surface area contributed by atoms with Gasteiger partial charge in [0.1, 0.15) is 11.9 Å². The van der Waals surface area contributed by atoms with Gasteiger partial charge in [-0.15, -0.1) is 0 Å². The Balaban J connectivity index is 0.942. The van der Waals surface area contributed by atoms with E-state index < -0.39 is 0 Å². The number of benzene rings is 1. The Hall–Kier alpha value is -2.10. The maximum absolute atomic E-state index is 12.9. The Morgan fingerprint density at radius 2 is 1.57 bits per heavy atom. The average Bonchev–Trinajstić information content (AvgIpc) is 3.48. The van der Waals surface area contributed by atoms with Crippen LogP contribution in [0.4, 0.5) is 0 Å². The van der Waals surface area contributed by atoms with E-state index in [1.807, 2.05) is 12.1 Å². The van der Waals surface area contributed by atoms with Crippen molar-refractivity contribution in [3.05, 3.63) is 41.5 Å². The Morgan fingerprint density at radius 1 is 0.824 bits per heavy atom. The fraction of sp³-hybridized carbons (Fsp3) is 0.787. The number of unbranched alkanes of at least 4 members (excludes halogenated alkanes) is 1. The van der Waals surface area contributed by atoms with E-state index in [4.69, 9.17) is 9.47 Å². The summed E-state index contributed by atoms with van der Waals surface area (Å²) in [5, 5.41) is 0. The Bertz CT molecular complexity index is 1340. The quantitative estimate of drug-likeness (QED) is 0.110. The molecule has 0 radical (unpaired) electrons. The topological polar surface area (TPSA) is 52.6 Å². The lowest BCUT2D eigenvalue weighted by atomic mass is 9.47. The molecule has 8 atom stereocenters. The van der Waals surface area contributed by atoms with Crippen LogP contribution in [0.2, 0.25) is 0 Å². The van der Waals surface area contributed by atoms with Crippen LogP contribution in [0.3, 0.4) is 0 Å². The van der Waals surface area contributed by atoms with Gasteiger partial charge in [0.2, 0.25) is 0 Å². The van der Waals surface area contributed by atoms with Crippen LogP contribution in [-0.2, 0) is 14.3 Å². The molecular formula is C47H72O4. The summed E-state index contributed by atoms with van der Waals surface area (Å²) in [6.45, 7) is 14.8. The van der Waals surface area contributed by atoms with E-state index in [-0.39, 0.29) is 36.3 Å². The monoisotopic (exact) mass is 701 g/mol. The first-order valence-corrected chi connectivity index (χ1v) is 21.7. The predicted molar refractivity (Wildman–Crippen MR) is 208 cm³/mol. The van der Waals surface area contributed by atoms with Crippen molar-refractivity contribution in [3.8, 4) is 5.75 Å². The minimum absolute atomic E-state index is 0.0523. The molecule has 4 saturated carbocycles. The Kier molecular flexibility index (Phi) is 12.8. The molecular weight excluding hydrogens is 629 g/mol. The summed E-state index contributed by atoms with van der Waals surface area (Å²) in [6, 6.07) is 8.09. The molecule has 284 valence electrons. The Labute approximate surface area is 311 Å². The molecule has 4 fully saturated rings. The van der Waals surface area contributed by atoms with Gasteiger partial charge in [-0.25, -0.2) is 0 Å². The van der Waals surface area contributed by atoms with Crippen LogP contribution in [0.1, 0.15) is 181 Å². The molecule has 4 nitrogen and oxygen atoms in total. The third kappa shape index (κ3) is 8.83. The molecule has 0 N–H and O–H groups in total. The molecule has 1 aromatic rings. The number of hydrogen-bond acceptors (Lipinski definition) is 4. The van der Waals surface area contributed by atoms with Crippen LogP contribution < -0.4 is 4.74 Å². The molecule has 5 aliphatic rings. The largest absolute Gasteiger partial charge is 0.462 e. The molecule has 6 rings (SSSR count). The number of rotatable bonds is 14. The minimum Gasteiger partial charge on any atom is -0.462 e. The summed E-state index contributed by atoms with van der Waals surface area (Å²) >= 11 is 0. The van der Waals surface area contributed by atoms with Gasteiger partial charge in [0.25, 0.3) is 0 Å². The van der Waals surface area contributed by atoms with Crippen molar-refractivity contribution in [2.45, 2.75) is 182 Å². The van der Waals surface area contributed by atoms with Crippen LogP contribution in [0, 0.1) is 52.3 Å². The number of allylic oxidation sites excluding steroid dienone is 1. The molecule has 0 amide bonds. The molecule has 51 heavy (non-hydrogen) atoms. The summed E-state index contributed by atoms with van der Waals surface area (Å²) in [4.78, 5) is 25.6. The SMILES string of the molecule is CCCCC1CCC(c2ccc(OC(=O)CCC(=O)O[C@H]3CC[C@@]4(C)C(=CCC5C4CC[C@@]4(C)C5CC[C@@H]4C(C)CCCC(C)C)C3)cc2)CC1. The maximum atomic E-state index is 12.9. The smallest absolute Gasteiger partial charge is 0.311 e. The minimum atomic E-state index is -0.364. The molecule has 1 aromatic carbocycles. The van der Waals surface area contributed by atoms with Crippen LogP contribution in [0.5, 0.6) is 5.75 Å². The molecule has 4 heteroatoms. The van der Waals surface area contributed by atoms with Crippen LogP contribution in [-0.4, -0.2) is 18.0 Å². The molecule has 5 aliphatic carbocycles. The number of ether oxygens (including phenoxy) is 2. The van der Waals surface area contributed by atoms with Crippen LogP contribution >= 0.6 is 0 Å². The van der Waals surface area contributed by atoms with Gasteiger partial charge in [-0.3, -0.25) is 9.59 Å². The first-order chi connectivity index (χ1) is 24.5. The summed E-state index contributed by atoms with van der Waals surface area (Å²) in [5.41, 5.74) is 3.64. The molecule has 0 aromatic heterocycles. The second kappa shape index (κ2) is 16.9. The first kappa shape index (κ1) is 38.6. The zero-order valence-corrected chi connectivity index (χ0v) is 33.4. The van der Waals surface area contributed by atoms with Crippen LogP contribution in [0.15, 0.2) is 35.9 Å². The number of carbonyl (C=O) groups is 2. The third-order valence-corrected chi connectivity index (χ3v) is 15.5. The van der Waals surface area contributed by atoms with Crippen molar-refractivity contribution in [2.24, 2.45) is 52.3 Å². The van der Waals surface area contributed by atoms with Crippen molar-refractivity contribution in [2.75, 3.05) is 0 Å². The lowest BCUT2D eigenvalue weighted by Gasteiger charge is -2.58. The van der Waals surface area contributed by atoms with Gasteiger partial charge in [-0.05, 0) is 146 Å². The van der Waals surface area contributed by atoms with Crippen molar-refractivity contribution >= 4 is 11.9 Å². The van der Waals surface area contributed by atoms with Gasteiger partial charge >= 0.3 is 11.9 Å². The van der Waals surface area contributed by atoms with Crippen molar-refractivity contribution < 1.29 is 19.1 Å². The lowest BCUT2D eigenvalue weighted by molar-refractivity contribution is -0.153. The highest BCUT2D eigenvalue weighted by molar-refractivity contribution is 5.79. The van der Waals surface area contributed by atoms with Gasteiger partial charge in [0.15, 0.2) is 0 Å². The van der Waals surface area contributed by atoms with Gasteiger partial charge in [-0.2, -0.15) is 0 Å². The third-order valence-electron chi connectivity index (χ3n) is 15.5. The second-order valence-electron chi connectivity index (χ2n) is 19.0. The molecule has 0 spiro atoms. The number of carbonyl (C=O) groups excluding carboxylic acids is 2. The van der Waals surface area contributed by atoms with Crippen molar-refractivity contribution in [1.29, 1.82) is 0 Å². The molecule has 0 aliphatic heterocycles. The predicted octanol–water partition coefficient (Wildman–Crippen LogP) is 12.8. The Morgan fingerprint density at radius 3 is 2.29 bits per heavy atom. The van der Waals surface area contributed by atoms with E-state index in [0.717, 1.165) is 60.7 Å². The van der Waals surface area contributed by atoms with Gasteiger partial charge < -0.3 is 9.47 Å². The first-order valence-electron chi connectivity index (χ1n) is 21.7. The molecule has 4 unspecified atom stereocenters. The van der Waals surface area contributed by atoms with Gasteiger partial charge in [-0.1, -0.05) is 104 Å². The summed E-state index contributed by atoms with van der Waals surface area (Å²) in [7, 11) is 0. The average molecular weight is 701 g/mol. The van der Waals surface area contributed by atoms with E-state index in [2.05, 4.69) is 59.8 Å². The number of hydrogen-bond donors (Lipinski definition) is 0. The zero-order chi connectivity index (χ0) is 36.2. The van der Waals surface area contributed by atoms with Crippen LogP contribution in [0.25, 0.3) is 0 Å². The van der Waals surface area contributed by atoms with E-state index in [1.54, 1.807) is 5.57 Å². The van der Waals surface area contributed by atoms with Gasteiger partial charge in [0.05, 0.1) is 12.8 Å².